The van der Waals surface area contributed by atoms with Gasteiger partial charge in [-0.25, -0.2) is 14.6 Å². The van der Waals surface area contributed by atoms with Crippen LogP contribution in [0.5, 0.6) is 0 Å². The molecule has 0 aliphatic carbocycles. The molecule has 1 amide bonds. The number of nitrogens with zero attached hydrogens (tertiary/aromatic N) is 7. The molecule has 4 heterocycles. The number of aryl methyl sites for hydroxylation is 3. The lowest BCUT2D eigenvalue weighted by Gasteiger charge is -2.34. The van der Waals surface area contributed by atoms with Crippen LogP contribution in [0, 0.1) is 13.8 Å². The van der Waals surface area contributed by atoms with E-state index in [1.165, 1.54) is 0 Å². The number of carbonyl (C=O) groups is 1. The van der Waals surface area contributed by atoms with E-state index in [0.29, 0.717) is 57.1 Å². The van der Waals surface area contributed by atoms with Crippen molar-refractivity contribution in [2.75, 3.05) is 31.1 Å². The fraction of sp³-hybridized carbons (Fsp3) is 0.370. The van der Waals surface area contributed by atoms with Crippen molar-refractivity contribution in [1.82, 2.24) is 29.2 Å². The summed E-state index contributed by atoms with van der Waals surface area (Å²) < 4.78 is 3.64. The maximum absolute atomic E-state index is 13.6. The lowest BCUT2D eigenvalue weighted by Crippen LogP contribution is -2.49. The van der Waals surface area contributed by atoms with Gasteiger partial charge >= 0.3 is 0 Å². The molecule has 1 aliphatic rings. The normalized spacial score (nSPS) is 14.0. The highest BCUT2D eigenvalue weighted by Gasteiger charge is 2.24. The van der Waals surface area contributed by atoms with Crippen LogP contribution in [-0.4, -0.2) is 61.3 Å². The Labute approximate surface area is 210 Å². The molecule has 36 heavy (non-hydrogen) atoms. The highest BCUT2D eigenvalue weighted by Crippen LogP contribution is 2.26. The molecule has 9 nitrogen and oxygen atoms in total. The van der Waals surface area contributed by atoms with E-state index in [1.54, 1.807) is 23.0 Å². The SMILES string of the molecule is CCn1c(=O)c(CCC(=O)N2CCN(c3ncccn3)CC2)c(C)c2c(C)nn(-c3ccccc3)c21. The summed E-state index contributed by atoms with van der Waals surface area (Å²) in [5.41, 5.74) is 4.17. The van der Waals surface area contributed by atoms with Crippen LogP contribution in [0.1, 0.15) is 30.2 Å². The summed E-state index contributed by atoms with van der Waals surface area (Å²) >= 11 is 0. The van der Waals surface area contributed by atoms with E-state index >= 15 is 0 Å². The van der Waals surface area contributed by atoms with Crippen molar-refractivity contribution in [3.63, 3.8) is 0 Å². The summed E-state index contributed by atoms with van der Waals surface area (Å²) in [5.74, 6) is 0.766. The van der Waals surface area contributed by atoms with Gasteiger partial charge in [0.1, 0.15) is 5.65 Å². The number of amides is 1. The molecule has 1 aliphatic heterocycles. The zero-order valence-electron chi connectivity index (χ0n) is 21.0. The number of para-hydroxylation sites is 1. The van der Waals surface area contributed by atoms with Crippen LogP contribution in [0.25, 0.3) is 16.7 Å². The van der Waals surface area contributed by atoms with Crippen LogP contribution in [0.2, 0.25) is 0 Å². The molecule has 3 aromatic heterocycles. The first-order valence-electron chi connectivity index (χ1n) is 12.5. The molecule has 0 atom stereocenters. The largest absolute Gasteiger partial charge is 0.339 e. The summed E-state index contributed by atoms with van der Waals surface area (Å²) in [5, 5.41) is 5.76. The third-order valence-electron chi connectivity index (χ3n) is 7.00. The number of hydrogen-bond acceptors (Lipinski definition) is 6. The average Bonchev–Trinajstić information content (AvgIpc) is 3.27. The second kappa shape index (κ2) is 9.93. The van der Waals surface area contributed by atoms with E-state index in [1.807, 2.05) is 60.7 Å². The van der Waals surface area contributed by atoms with Crippen molar-refractivity contribution in [3.05, 3.63) is 76.0 Å². The molecule has 4 aromatic rings. The Hall–Kier alpha value is -4.01. The van der Waals surface area contributed by atoms with Crippen molar-refractivity contribution in [2.45, 2.75) is 40.2 Å². The molecule has 0 N–H and O–H groups in total. The van der Waals surface area contributed by atoms with Gasteiger partial charge in [0.25, 0.3) is 5.56 Å². The molecule has 0 radical (unpaired) electrons. The molecule has 1 aromatic carbocycles. The van der Waals surface area contributed by atoms with E-state index in [0.717, 1.165) is 28.0 Å². The Morgan fingerprint density at radius 1 is 0.972 bits per heavy atom. The highest BCUT2D eigenvalue weighted by atomic mass is 16.2. The number of hydrogen-bond donors (Lipinski definition) is 0. The first-order chi connectivity index (χ1) is 17.5. The zero-order valence-corrected chi connectivity index (χ0v) is 21.0. The van der Waals surface area contributed by atoms with Gasteiger partial charge in [-0.15, -0.1) is 0 Å². The zero-order chi connectivity index (χ0) is 25.2. The van der Waals surface area contributed by atoms with E-state index < -0.39 is 0 Å². The van der Waals surface area contributed by atoms with Crippen LogP contribution in [-0.2, 0) is 17.8 Å². The third kappa shape index (κ3) is 4.25. The van der Waals surface area contributed by atoms with Crippen molar-refractivity contribution in [2.24, 2.45) is 0 Å². The van der Waals surface area contributed by atoms with Gasteiger partial charge in [-0.05, 0) is 51.0 Å². The van der Waals surface area contributed by atoms with Gasteiger partial charge in [0, 0.05) is 62.5 Å². The van der Waals surface area contributed by atoms with Gasteiger partial charge < -0.3 is 9.80 Å². The topological polar surface area (TPSA) is 89.2 Å². The maximum atomic E-state index is 13.6. The minimum atomic E-state index is -0.0431. The molecule has 0 bridgehead atoms. The lowest BCUT2D eigenvalue weighted by atomic mass is 10.0. The molecule has 1 saturated heterocycles. The van der Waals surface area contributed by atoms with Crippen molar-refractivity contribution < 1.29 is 4.79 Å². The molecule has 0 saturated carbocycles. The molecule has 1 fully saturated rings. The summed E-state index contributed by atoms with van der Waals surface area (Å²) in [6, 6.07) is 11.7. The second-order valence-electron chi connectivity index (χ2n) is 9.10. The van der Waals surface area contributed by atoms with Crippen molar-refractivity contribution in [3.8, 4) is 5.69 Å². The summed E-state index contributed by atoms with van der Waals surface area (Å²) in [6.07, 6.45) is 4.18. The van der Waals surface area contributed by atoms with Crippen molar-refractivity contribution in [1.29, 1.82) is 0 Å². The number of fused-ring (bicyclic) bond motifs is 1. The van der Waals surface area contributed by atoms with Crippen molar-refractivity contribution >= 4 is 22.9 Å². The summed E-state index contributed by atoms with van der Waals surface area (Å²) in [4.78, 5) is 39.2. The van der Waals surface area contributed by atoms with Crippen LogP contribution in [0.4, 0.5) is 5.95 Å². The van der Waals surface area contributed by atoms with E-state index in [2.05, 4.69) is 14.9 Å². The fourth-order valence-electron chi connectivity index (χ4n) is 5.11. The van der Waals surface area contributed by atoms with Gasteiger partial charge in [-0.3, -0.25) is 14.2 Å². The average molecular weight is 486 g/mol. The smallest absolute Gasteiger partial charge is 0.255 e. The van der Waals surface area contributed by atoms with E-state index in [9.17, 15) is 9.59 Å². The van der Waals surface area contributed by atoms with Crippen LogP contribution in [0.3, 0.4) is 0 Å². The maximum Gasteiger partial charge on any atom is 0.255 e. The summed E-state index contributed by atoms with van der Waals surface area (Å²) in [7, 11) is 0. The molecular weight excluding hydrogens is 454 g/mol. The number of benzene rings is 1. The van der Waals surface area contributed by atoms with Gasteiger partial charge in [0.2, 0.25) is 11.9 Å². The van der Waals surface area contributed by atoms with E-state index in [-0.39, 0.29) is 11.5 Å². The second-order valence-corrected chi connectivity index (χ2v) is 9.10. The number of pyridine rings is 1. The van der Waals surface area contributed by atoms with Gasteiger partial charge in [-0.1, -0.05) is 18.2 Å². The van der Waals surface area contributed by atoms with Crippen LogP contribution < -0.4 is 10.5 Å². The standard InChI is InChI=1S/C27H31N7O2/c1-4-33-25-24(20(3)30-34(25)21-9-6-5-7-10-21)19(2)22(26(33)36)11-12-23(35)31-15-17-32(18-16-31)27-28-13-8-14-29-27/h5-10,13-14H,4,11-12,15-18H2,1-3H3. The molecule has 9 heteroatoms. The minimum absolute atomic E-state index is 0.0431. The molecular formula is C27H31N7O2. The predicted octanol–water partition coefficient (Wildman–Crippen LogP) is 2.90. The molecule has 186 valence electrons. The first-order valence-corrected chi connectivity index (χ1v) is 12.5. The lowest BCUT2D eigenvalue weighted by molar-refractivity contribution is -0.131. The number of aromatic nitrogens is 5. The number of carbonyl (C=O) groups excluding carboxylic acids is 1. The Morgan fingerprint density at radius 2 is 1.67 bits per heavy atom. The Balaban J connectivity index is 1.37. The Kier molecular flexibility index (Phi) is 6.54. The Bertz CT molecular complexity index is 1440. The fourth-order valence-corrected chi connectivity index (χ4v) is 5.11. The Morgan fingerprint density at radius 3 is 2.33 bits per heavy atom. The minimum Gasteiger partial charge on any atom is -0.339 e. The third-order valence-corrected chi connectivity index (χ3v) is 7.00. The number of anilines is 1. The molecule has 5 rings (SSSR count). The number of piperazine rings is 1. The summed E-state index contributed by atoms with van der Waals surface area (Å²) in [6.45, 7) is 9.09. The number of rotatable bonds is 6. The van der Waals surface area contributed by atoms with Crippen LogP contribution >= 0.6 is 0 Å². The van der Waals surface area contributed by atoms with E-state index in [4.69, 9.17) is 5.10 Å². The monoisotopic (exact) mass is 485 g/mol. The van der Waals surface area contributed by atoms with Crippen LogP contribution in [0.15, 0.2) is 53.6 Å². The highest BCUT2D eigenvalue weighted by molar-refractivity contribution is 5.85. The van der Waals surface area contributed by atoms with Gasteiger partial charge in [0.05, 0.1) is 11.4 Å². The first kappa shape index (κ1) is 23.7. The quantitative estimate of drug-likeness (QED) is 0.417. The molecule has 0 unspecified atom stereocenters. The molecule has 0 spiro atoms. The van der Waals surface area contributed by atoms with Gasteiger partial charge in [0.15, 0.2) is 0 Å². The predicted molar refractivity (Wildman–Crippen MR) is 140 cm³/mol. The van der Waals surface area contributed by atoms with Gasteiger partial charge in [-0.2, -0.15) is 5.10 Å².